The molecule has 0 aliphatic heterocycles. The normalized spacial score (nSPS) is 13.1. The summed E-state index contributed by atoms with van der Waals surface area (Å²) in [6.45, 7) is 1.91. The van der Waals surface area contributed by atoms with E-state index in [-0.39, 0.29) is 5.91 Å². The molecule has 0 atom stereocenters. The molecule has 1 aromatic carbocycles. The number of amides is 1. The number of rotatable bonds is 3. The summed E-state index contributed by atoms with van der Waals surface area (Å²) in [5.74, 6) is 6.47. The van der Waals surface area contributed by atoms with E-state index in [1.165, 1.54) is 11.3 Å². The fourth-order valence-electron chi connectivity index (χ4n) is 3.47. The predicted octanol–water partition coefficient (Wildman–Crippen LogP) is 5.08. The highest BCUT2D eigenvalue weighted by atomic mass is 32.1. The Morgan fingerprint density at radius 2 is 2.03 bits per heavy atom. The van der Waals surface area contributed by atoms with Crippen molar-refractivity contribution in [2.45, 2.75) is 19.8 Å². The lowest BCUT2D eigenvalue weighted by atomic mass is 10.00. The van der Waals surface area contributed by atoms with Crippen LogP contribution in [-0.2, 0) is 0 Å². The van der Waals surface area contributed by atoms with E-state index in [0.29, 0.717) is 32.8 Å². The minimum atomic E-state index is -0.285. The van der Waals surface area contributed by atoms with E-state index in [4.69, 9.17) is 0 Å². The van der Waals surface area contributed by atoms with E-state index in [9.17, 15) is 4.79 Å². The number of nitrogens with zero attached hydrogens (tertiary/aromatic N) is 5. The van der Waals surface area contributed by atoms with Crippen molar-refractivity contribution in [3.63, 3.8) is 0 Å². The van der Waals surface area contributed by atoms with Gasteiger partial charge < -0.3 is 0 Å². The van der Waals surface area contributed by atoms with Gasteiger partial charge in [0, 0.05) is 23.4 Å². The molecule has 4 heterocycles. The Hall–Kier alpha value is -3.74. The first-order chi connectivity index (χ1) is 16.1. The van der Waals surface area contributed by atoms with Gasteiger partial charge in [-0.1, -0.05) is 29.4 Å². The van der Waals surface area contributed by atoms with Crippen molar-refractivity contribution >= 4 is 54.4 Å². The van der Waals surface area contributed by atoms with Crippen LogP contribution in [0.1, 0.15) is 34.6 Å². The molecule has 0 radical (unpaired) electrons. The molecule has 9 heteroatoms. The van der Waals surface area contributed by atoms with Gasteiger partial charge >= 0.3 is 0 Å². The second kappa shape index (κ2) is 7.99. The zero-order chi connectivity index (χ0) is 22.4. The number of benzene rings is 1. The Bertz CT molecular complexity index is 1610. The van der Waals surface area contributed by atoms with E-state index in [1.807, 2.05) is 36.7 Å². The Labute approximate surface area is 197 Å². The molecule has 4 aromatic heterocycles. The summed E-state index contributed by atoms with van der Waals surface area (Å²) in [7, 11) is 0. The van der Waals surface area contributed by atoms with Crippen LogP contribution in [-0.4, -0.2) is 30.8 Å². The first kappa shape index (κ1) is 19.9. The maximum Gasteiger partial charge on any atom is 0.259 e. The molecule has 0 spiro atoms. The minimum absolute atomic E-state index is 0.285. The molecule has 1 fully saturated rings. The zero-order valence-corrected chi connectivity index (χ0v) is 19.1. The summed E-state index contributed by atoms with van der Waals surface area (Å²) in [6.07, 6.45) is 5.55. The van der Waals surface area contributed by atoms with Crippen molar-refractivity contribution in [1.82, 2.24) is 24.9 Å². The quantitative estimate of drug-likeness (QED) is 0.371. The summed E-state index contributed by atoms with van der Waals surface area (Å²) >= 11 is 2.83. The molecular weight excluding hydrogens is 452 g/mol. The summed E-state index contributed by atoms with van der Waals surface area (Å²) in [4.78, 5) is 36.0. The number of carbonyl (C=O) groups is 1. The Morgan fingerprint density at radius 3 is 2.91 bits per heavy atom. The van der Waals surface area contributed by atoms with Gasteiger partial charge in [0.15, 0.2) is 15.6 Å². The highest BCUT2D eigenvalue weighted by molar-refractivity contribution is 7.21. The minimum Gasteiger partial charge on any atom is -0.298 e. The topological polar surface area (TPSA) is 93.6 Å². The van der Waals surface area contributed by atoms with Crippen LogP contribution >= 0.6 is 22.7 Å². The number of anilines is 1. The van der Waals surface area contributed by atoms with E-state index in [2.05, 4.69) is 42.1 Å². The first-order valence-corrected chi connectivity index (χ1v) is 12.1. The number of hydrogen-bond acceptors (Lipinski definition) is 8. The van der Waals surface area contributed by atoms with Crippen LogP contribution < -0.4 is 5.32 Å². The van der Waals surface area contributed by atoms with Gasteiger partial charge in [-0.05, 0) is 43.4 Å². The number of aryl methyl sites for hydroxylation is 1. The molecule has 5 aromatic rings. The Morgan fingerprint density at radius 1 is 1.12 bits per heavy atom. The summed E-state index contributed by atoms with van der Waals surface area (Å²) in [6, 6.07) is 7.84. The van der Waals surface area contributed by atoms with Crippen molar-refractivity contribution < 1.29 is 4.79 Å². The first-order valence-electron chi connectivity index (χ1n) is 10.4. The van der Waals surface area contributed by atoms with Crippen LogP contribution in [0.3, 0.4) is 0 Å². The number of thiazole rings is 2. The lowest BCUT2D eigenvalue weighted by molar-refractivity contribution is 0.102. The number of fused-ring (bicyclic) bond motifs is 2. The Balaban J connectivity index is 1.33. The van der Waals surface area contributed by atoms with Crippen LogP contribution in [0.25, 0.3) is 31.8 Å². The molecule has 160 valence electrons. The number of aromatic nitrogens is 5. The number of nitrogens with one attached hydrogen (secondary N) is 1. The molecule has 1 saturated carbocycles. The van der Waals surface area contributed by atoms with Crippen LogP contribution in [0, 0.1) is 24.7 Å². The molecule has 0 unspecified atom stereocenters. The van der Waals surface area contributed by atoms with Crippen molar-refractivity contribution in [3.05, 3.63) is 59.1 Å². The lowest BCUT2D eigenvalue weighted by Crippen LogP contribution is -2.13. The van der Waals surface area contributed by atoms with Gasteiger partial charge in [0.2, 0.25) is 0 Å². The third kappa shape index (κ3) is 3.95. The zero-order valence-electron chi connectivity index (χ0n) is 17.5. The van der Waals surface area contributed by atoms with E-state index < -0.39 is 0 Å². The average molecular weight is 469 g/mol. The maximum atomic E-state index is 13.3. The fourth-order valence-corrected chi connectivity index (χ4v) is 5.08. The third-order valence-electron chi connectivity index (χ3n) is 5.26. The molecule has 1 amide bonds. The lowest BCUT2D eigenvalue weighted by Gasteiger charge is -2.10. The van der Waals surface area contributed by atoms with Gasteiger partial charge in [0.25, 0.3) is 5.91 Å². The van der Waals surface area contributed by atoms with Crippen molar-refractivity contribution in [1.29, 1.82) is 0 Å². The summed E-state index contributed by atoms with van der Waals surface area (Å²) in [5.41, 5.74) is 6.90. The van der Waals surface area contributed by atoms with E-state index in [1.54, 1.807) is 23.7 Å². The molecule has 0 bridgehead atoms. The molecule has 1 aliphatic carbocycles. The van der Waals surface area contributed by atoms with Crippen molar-refractivity contribution in [3.8, 4) is 23.0 Å². The largest absolute Gasteiger partial charge is 0.298 e. The average Bonchev–Trinajstić information content (AvgIpc) is 3.36. The van der Waals surface area contributed by atoms with Gasteiger partial charge in [-0.2, -0.15) is 4.98 Å². The molecule has 1 N–H and O–H groups in total. The second-order valence-electron chi connectivity index (χ2n) is 7.78. The third-order valence-corrected chi connectivity index (χ3v) is 6.99. The highest BCUT2D eigenvalue weighted by Gasteiger charge is 2.19. The van der Waals surface area contributed by atoms with Crippen LogP contribution in [0.15, 0.2) is 42.2 Å². The molecular formula is C24H16N6OS2. The monoisotopic (exact) mass is 468 g/mol. The summed E-state index contributed by atoms with van der Waals surface area (Å²) < 4.78 is 1.03. The standard InChI is InChI=1S/C24H16N6OS2/c1-13-9-17(16-3-2-4-19-20(16)32-12-27-19)18(11-25-13)22(31)30-24-29-21-23(33-24)28-15(10-26-21)8-7-14-5-6-14/h2-4,9-12,14H,5-6H2,1H3,(H,26,29,30,31). The van der Waals surface area contributed by atoms with Crippen LogP contribution in [0.4, 0.5) is 5.13 Å². The molecule has 33 heavy (non-hydrogen) atoms. The van der Waals surface area contributed by atoms with Crippen LogP contribution in [0.2, 0.25) is 0 Å². The molecule has 7 nitrogen and oxygen atoms in total. The predicted molar refractivity (Wildman–Crippen MR) is 130 cm³/mol. The van der Waals surface area contributed by atoms with Gasteiger partial charge in [0.1, 0.15) is 5.69 Å². The second-order valence-corrected chi connectivity index (χ2v) is 9.61. The van der Waals surface area contributed by atoms with Gasteiger partial charge in [-0.3, -0.25) is 15.1 Å². The van der Waals surface area contributed by atoms with E-state index >= 15 is 0 Å². The number of pyridine rings is 1. The van der Waals surface area contributed by atoms with E-state index in [0.717, 1.165) is 39.9 Å². The van der Waals surface area contributed by atoms with Gasteiger partial charge in [0.05, 0.1) is 27.5 Å². The SMILES string of the molecule is Cc1cc(-c2cccc3ncsc23)c(C(=O)Nc2nc3ncc(C#CC4CC4)nc3s2)cn1. The molecule has 0 saturated heterocycles. The van der Waals surface area contributed by atoms with Gasteiger partial charge in [-0.15, -0.1) is 11.3 Å². The Kier molecular flexibility index (Phi) is 4.82. The maximum absolute atomic E-state index is 13.3. The van der Waals surface area contributed by atoms with Crippen molar-refractivity contribution in [2.24, 2.45) is 5.92 Å². The number of carbonyl (C=O) groups excluding carboxylic acids is 1. The summed E-state index contributed by atoms with van der Waals surface area (Å²) in [5, 5.41) is 3.33. The van der Waals surface area contributed by atoms with Crippen LogP contribution in [0.5, 0.6) is 0 Å². The fraction of sp³-hybridized carbons (Fsp3) is 0.167. The smallest absolute Gasteiger partial charge is 0.259 e. The van der Waals surface area contributed by atoms with Crippen molar-refractivity contribution in [2.75, 3.05) is 5.32 Å². The molecule has 1 aliphatic rings. The van der Waals surface area contributed by atoms with Gasteiger partial charge in [-0.25, -0.2) is 15.0 Å². The highest BCUT2D eigenvalue weighted by Crippen LogP contribution is 2.34. The molecule has 6 rings (SSSR count). The number of hydrogen-bond donors (Lipinski definition) is 1.